The topological polar surface area (TPSA) is 38.0 Å². The van der Waals surface area contributed by atoms with Gasteiger partial charge in [-0.2, -0.15) is 0 Å². The second-order valence-electron chi connectivity index (χ2n) is 2.62. The summed E-state index contributed by atoms with van der Waals surface area (Å²) in [7, 11) is 5.25. The molecule has 0 bridgehead atoms. The van der Waals surface area contributed by atoms with E-state index in [0.29, 0.717) is 0 Å². The molecule has 0 aliphatic heterocycles. The highest BCUT2D eigenvalue weighted by Gasteiger charge is 1.95. The summed E-state index contributed by atoms with van der Waals surface area (Å²) in [5.74, 6) is 0. The molecule has 1 aliphatic rings. The first kappa shape index (κ1) is 18.7. The van der Waals surface area contributed by atoms with Gasteiger partial charge in [0, 0.05) is 0 Å². The monoisotopic (exact) mass is 190 g/mol. The smallest absolute Gasteiger partial charge is 0.0167 e. The largest absolute Gasteiger partial charge is 0.333 e. The van der Waals surface area contributed by atoms with Crippen molar-refractivity contribution in [3.8, 4) is 0 Å². The van der Waals surface area contributed by atoms with E-state index < -0.39 is 0 Å². The molecule has 0 unspecified atom stereocenters. The predicted molar refractivity (Wildman–Crippen MR) is 64.1 cm³/mol. The van der Waals surface area contributed by atoms with E-state index >= 15 is 0 Å². The predicted octanol–water partition coefficient (Wildman–Crippen LogP) is 2.78. The lowest BCUT2D eigenvalue weighted by Gasteiger charge is -2.05. The maximum Gasteiger partial charge on any atom is -0.0167 e. The Balaban J connectivity index is -0.000000124. The van der Waals surface area contributed by atoms with Gasteiger partial charge in [-0.3, -0.25) is 0 Å². The van der Waals surface area contributed by atoms with Crippen LogP contribution in [0.25, 0.3) is 0 Å². The van der Waals surface area contributed by atoms with Crippen LogP contribution >= 0.6 is 0 Å². The molecule has 2 nitrogen and oxygen atoms in total. The van der Waals surface area contributed by atoms with Crippen molar-refractivity contribution in [2.24, 2.45) is 5.73 Å². The highest BCUT2D eigenvalue weighted by atomic mass is 14.7. The van der Waals surface area contributed by atoms with Crippen LogP contribution in [0.5, 0.6) is 0 Å². The van der Waals surface area contributed by atoms with Crippen LogP contribution in [0.4, 0.5) is 0 Å². The Hall–Kier alpha value is -0.0800. The number of nitrogens with one attached hydrogen (secondary N) is 1. The molecule has 1 saturated carbocycles. The van der Waals surface area contributed by atoms with Gasteiger partial charge in [0.05, 0.1) is 0 Å². The highest BCUT2D eigenvalue weighted by molar-refractivity contribution is 4.51. The summed E-state index contributed by atoms with van der Waals surface area (Å²) in [6.07, 6.45) is 9.00. The first-order valence-electron chi connectivity index (χ1n) is 5.58. The number of rotatable bonds is 0. The maximum absolute atomic E-state index is 4.50. The van der Waals surface area contributed by atoms with Gasteiger partial charge in [0.15, 0.2) is 0 Å². The Morgan fingerprint density at radius 1 is 0.692 bits per heavy atom. The summed E-state index contributed by atoms with van der Waals surface area (Å²) in [5, 5.41) is 2.75. The third-order valence-corrected chi connectivity index (χ3v) is 1.50. The Morgan fingerprint density at radius 2 is 0.769 bits per heavy atom. The number of hydrogen-bond acceptors (Lipinski definition) is 2. The van der Waals surface area contributed by atoms with Crippen molar-refractivity contribution in [1.29, 1.82) is 0 Å². The van der Waals surface area contributed by atoms with Crippen molar-refractivity contribution in [1.82, 2.24) is 5.32 Å². The van der Waals surface area contributed by atoms with Crippen LogP contribution < -0.4 is 11.1 Å². The lowest BCUT2D eigenvalue weighted by atomic mass is 10.0. The van der Waals surface area contributed by atoms with Gasteiger partial charge in [0.1, 0.15) is 0 Å². The normalized spacial score (nSPS) is 13.4. The fraction of sp³-hybridized carbons (Fsp3) is 1.00. The maximum atomic E-state index is 4.50. The Labute approximate surface area is 85.3 Å². The first-order chi connectivity index (χ1) is 6.41. The van der Waals surface area contributed by atoms with Gasteiger partial charge in [-0.1, -0.05) is 52.4 Å². The van der Waals surface area contributed by atoms with E-state index in [9.17, 15) is 0 Å². The van der Waals surface area contributed by atoms with Gasteiger partial charge in [-0.25, -0.2) is 0 Å². The zero-order valence-corrected chi connectivity index (χ0v) is 10.3. The molecule has 0 aromatic heterocycles. The van der Waals surface area contributed by atoms with Crippen molar-refractivity contribution in [3.05, 3.63) is 0 Å². The lowest BCUT2D eigenvalue weighted by molar-refractivity contribution is 0.504. The molecule has 0 radical (unpaired) electrons. The molecule has 0 atom stereocenters. The molecule has 1 aliphatic carbocycles. The van der Waals surface area contributed by atoms with E-state index in [2.05, 4.69) is 11.1 Å². The SMILES string of the molecule is C1CCCCC1.CC.CN.CNC. The summed E-state index contributed by atoms with van der Waals surface area (Å²) in [5.41, 5.74) is 4.50. The average Bonchev–Trinajstić information content (AvgIpc) is 2.27. The minimum atomic E-state index is 1.50. The summed E-state index contributed by atoms with van der Waals surface area (Å²) < 4.78 is 0. The molecule has 3 N–H and O–H groups in total. The average molecular weight is 190 g/mol. The molecule has 0 aromatic rings. The quantitative estimate of drug-likeness (QED) is 0.616. The molecule has 13 heavy (non-hydrogen) atoms. The molecule has 0 heterocycles. The molecule has 0 aromatic carbocycles. The highest BCUT2D eigenvalue weighted by Crippen LogP contribution is 2.15. The van der Waals surface area contributed by atoms with E-state index in [1.807, 2.05) is 27.9 Å². The van der Waals surface area contributed by atoms with E-state index in [4.69, 9.17) is 0 Å². The standard InChI is InChI=1S/C6H12.C2H7N.C2H6.CH5N/c1-2-4-6-5-3-1;1-3-2;2*1-2/h1-6H2;3H,1-2H3;1-2H3;2H2,1H3. The molecular weight excluding hydrogens is 160 g/mol. The minimum Gasteiger partial charge on any atom is -0.333 e. The van der Waals surface area contributed by atoms with Crippen molar-refractivity contribution >= 4 is 0 Å². The van der Waals surface area contributed by atoms with Gasteiger partial charge in [-0.05, 0) is 21.1 Å². The fourth-order valence-electron chi connectivity index (χ4n) is 1.06. The van der Waals surface area contributed by atoms with E-state index in [0.717, 1.165) is 0 Å². The Bertz CT molecular complexity index is 31.8. The molecule has 0 saturated heterocycles. The van der Waals surface area contributed by atoms with E-state index in [1.54, 1.807) is 0 Å². The van der Waals surface area contributed by atoms with Crippen LogP contribution in [0, 0.1) is 0 Å². The second kappa shape index (κ2) is 29.7. The van der Waals surface area contributed by atoms with Gasteiger partial charge in [0.25, 0.3) is 0 Å². The summed E-state index contributed by atoms with van der Waals surface area (Å²) in [6.45, 7) is 4.00. The first-order valence-corrected chi connectivity index (χ1v) is 5.58. The molecule has 2 heteroatoms. The number of hydrogen-bond donors (Lipinski definition) is 2. The molecule has 0 amide bonds. The molecule has 0 spiro atoms. The third kappa shape index (κ3) is 33.5. The van der Waals surface area contributed by atoms with Crippen molar-refractivity contribution in [2.45, 2.75) is 52.4 Å². The zero-order chi connectivity index (χ0) is 10.9. The molecule has 84 valence electrons. The molecule has 1 fully saturated rings. The fourth-order valence-corrected chi connectivity index (χ4v) is 1.06. The molecular formula is C11H30N2. The molecule has 1 rings (SSSR count). The van der Waals surface area contributed by atoms with Gasteiger partial charge < -0.3 is 11.1 Å². The minimum absolute atomic E-state index is 1.50. The third-order valence-electron chi connectivity index (χ3n) is 1.50. The van der Waals surface area contributed by atoms with Crippen LogP contribution in [0.15, 0.2) is 0 Å². The van der Waals surface area contributed by atoms with Crippen molar-refractivity contribution in [3.63, 3.8) is 0 Å². The van der Waals surface area contributed by atoms with Gasteiger partial charge >= 0.3 is 0 Å². The van der Waals surface area contributed by atoms with Crippen LogP contribution in [0.3, 0.4) is 0 Å². The van der Waals surface area contributed by atoms with Crippen LogP contribution in [-0.2, 0) is 0 Å². The Kier molecular flexibility index (Phi) is 42.6. The van der Waals surface area contributed by atoms with Crippen molar-refractivity contribution in [2.75, 3.05) is 21.1 Å². The lowest BCUT2D eigenvalue weighted by Crippen LogP contribution is -1.89. The summed E-state index contributed by atoms with van der Waals surface area (Å²) in [6, 6.07) is 0. The van der Waals surface area contributed by atoms with Crippen molar-refractivity contribution < 1.29 is 0 Å². The van der Waals surface area contributed by atoms with Crippen LogP contribution in [0.2, 0.25) is 0 Å². The second-order valence-corrected chi connectivity index (χ2v) is 2.62. The van der Waals surface area contributed by atoms with E-state index in [-0.39, 0.29) is 0 Å². The van der Waals surface area contributed by atoms with E-state index in [1.165, 1.54) is 45.6 Å². The summed E-state index contributed by atoms with van der Waals surface area (Å²) >= 11 is 0. The van der Waals surface area contributed by atoms with Gasteiger partial charge in [-0.15, -0.1) is 0 Å². The van der Waals surface area contributed by atoms with Gasteiger partial charge in [0.2, 0.25) is 0 Å². The van der Waals surface area contributed by atoms with Crippen LogP contribution in [0.1, 0.15) is 52.4 Å². The zero-order valence-electron chi connectivity index (χ0n) is 10.3. The number of nitrogens with two attached hydrogens (primary N) is 1. The Morgan fingerprint density at radius 3 is 0.846 bits per heavy atom. The summed E-state index contributed by atoms with van der Waals surface area (Å²) in [4.78, 5) is 0. The van der Waals surface area contributed by atoms with Crippen LogP contribution in [-0.4, -0.2) is 21.1 Å².